The Morgan fingerprint density at radius 3 is 2.16 bits per heavy atom. The number of carbonyl (C=O) groups excluding carboxylic acids is 1. The third-order valence-electron chi connectivity index (χ3n) is 3.31. The van der Waals surface area contributed by atoms with Crippen LogP contribution >= 0.6 is 0 Å². The summed E-state index contributed by atoms with van der Waals surface area (Å²) in [5, 5.41) is 2.87. The summed E-state index contributed by atoms with van der Waals surface area (Å²) >= 11 is 0. The van der Waals surface area contributed by atoms with Crippen molar-refractivity contribution in [1.82, 2.24) is 5.32 Å². The lowest BCUT2D eigenvalue weighted by atomic mass is 9.87. The van der Waals surface area contributed by atoms with Crippen molar-refractivity contribution >= 4 is 5.91 Å². The van der Waals surface area contributed by atoms with Crippen LogP contribution in [0.2, 0.25) is 0 Å². The van der Waals surface area contributed by atoms with Gasteiger partial charge in [0.1, 0.15) is 0 Å². The Balaban J connectivity index is 2.58. The van der Waals surface area contributed by atoms with Crippen molar-refractivity contribution in [3.63, 3.8) is 0 Å². The van der Waals surface area contributed by atoms with E-state index in [-0.39, 0.29) is 17.2 Å². The lowest BCUT2D eigenvalue weighted by molar-refractivity contribution is -0.123. The first kappa shape index (κ1) is 15.7. The zero-order valence-electron chi connectivity index (χ0n) is 12.7. The maximum Gasteiger partial charge on any atom is 0.237 e. The number of nitrogens with one attached hydrogen (secondary N) is 1. The molecule has 0 unspecified atom stereocenters. The Morgan fingerprint density at radius 2 is 1.74 bits per heavy atom. The van der Waals surface area contributed by atoms with Crippen LogP contribution in [0.1, 0.15) is 45.7 Å². The zero-order chi connectivity index (χ0) is 14.6. The molecular formula is C16H26N2O. The highest BCUT2D eigenvalue weighted by molar-refractivity contribution is 5.81. The van der Waals surface area contributed by atoms with Gasteiger partial charge in [-0.05, 0) is 22.5 Å². The monoisotopic (exact) mass is 262 g/mol. The van der Waals surface area contributed by atoms with Crippen LogP contribution in [0.25, 0.3) is 0 Å². The fraction of sp³-hybridized carbons (Fsp3) is 0.562. The topological polar surface area (TPSA) is 55.1 Å². The zero-order valence-corrected chi connectivity index (χ0v) is 12.7. The van der Waals surface area contributed by atoms with Crippen molar-refractivity contribution < 1.29 is 4.79 Å². The van der Waals surface area contributed by atoms with Gasteiger partial charge in [0.25, 0.3) is 0 Å². The molecule has 0 aromatic heterocycles. The second kappa shape index (κ2) is 6.20. The van der Waals surface area contributed by atoms with Crippen molar-refractivity contribution in [3.05, 3.63) is 35.4 Å². The minimum atomic E-state index is -0.436. The normalized spacial score (nSPS) is 13.4. The standard InChI is InChI=1S/C16H26N2O/c1-11(2)14(17)15(19)18-10-12-6-8-13(9-7-12)16(3,4)5/h6-9,11,14H,10,17H2,1-5H3,(H,18,19)/t14-/m0/s1. The molecule has 0 radical (unpaired) electrons. The molecule has 106 valence electrons. The van der Waals surface area contributed by atoms with Gasteiger partial charge >= 0.3 is 0 Å². The van der Waals surface area contributed by atoms with Crippen LogP contribution in [0.5, 0.6) is 0 Å². The van der Waals surface area contributed by atoms with Crippen molar-refractivity contribution in [2.75, 3.05) is 0 Å². The van der Waals surface area contributed by atoms with Gasteiger partial charge in [-0.3, -0.25) is 4.79 Å². The van der Waals surface area contributed by atoms with E-state index in [9.17, 15) is 4.79 Å². The van der Waals surface area contributed by atoms with Gasteiger partial charge in [0, 0.05) is 6.54 Å². The molecule has 0 bridgehead atoms. The number of rotatable bonds is 4. The molecule has 0 saturated heterocycles. The van der Waals surface area contributed by atoms with Crippen LogP contribution in [0, 0.1) is 5.92 Å². The van der Waals surface area contributed by atoms with E-state index in [1.807, 2.05) is 13.8 Å². The van der Waals surface area contributed by atoms with Crippen LogP contribution in [-0.4, -0.2) is 11.9 Å². The summed E-state index contributed by atoms with van der Waals surface area (Å²) in [5.41, 5.74) is 8.34. The molecule has 1 aromatic rings. The molecule has 1 aromatic carbocycles. The van der Waals surface area contributed by atoms with Gasteiger partial charge in [0.15, 0.2) is 0 Å². The van der Waals surface area contributed by atoms with Gasteiger partial charge in [-0.1, -0.05) is 58.9 Å². The number of nitrogens with two attached hydrogens (primary N) is 1. The predicted octanol–water partition coefficient (Wildman–Crippen LogP) is 2.58. The predicted molar refractivity (Wildman–Crippen MR) is 79.8 cm³/mol. The van der Waals surface area contributed by atoms with Crippen molar-refractivity contribution in [3.8, 4) is 0 Å². The van der Waals surface area contributed by atoms with E-state index in [2.05, 4.69) is 50.4 Å². The summed E-state index contributed by atoms with van der Waals surface area (Å²) in [5.74, 6) is 0.0677. The minimum absolute atomic E-state index is 0.0881. The van der Waals surface area contributed by atoms with Gasteiger partial charge < -0.3 is 11.1 Å². The number of hydrogen-bond acceptors (Lipinski definition) is 2. The van der Waals surface area contributed by atoms with Crippen LogP contribution in [0.15, 0.2) is 24.3 Å². The van der Waals surface area contributed by atoms with E-state index in [0.717, 1.165) is 5.56 Å². The second-order valence-corrected chi connectivity index (χ2v) is 6.43. The molecule has 19 heavy (non-hydrogen) atoms. The highest BCUT2D eigenvalue weighted by Gasteiger charge is 2.17. The Hall–Kier alpha value is -1.35. The first-order valence-corrected chi connectivity index (χ1v) is 6.84. The molecule has 0 saturated carbocycles. The molecule has 0 fully saturated rings. The number of benzene rings is 1. The minimum Gasteiger partial charge on any atom is -0.351 e. The first-order valence-electron chi connectivity index (χ1n) is 6.84. The van der Waals surface area contributed by atoms with E-state index in [1.165, 1.54) is 5.56 Å². The smallest absolute Gasteiger partial charge is 0.237 e. The highest BCUT2D eigenvalue weighted by Crippen LogP contribution is 2.22. The van der Waals surface area contributed by atoms with E-state index in [0.29, 0.717) is 6.54 Å². The van der Waals surface area contributed by atoms with Crippen LogP contribution in [-0.2, 0) is 16.8 Å². The third-order valence-corrected chi connectivity index (χ3v) is 3.31. The summed E-state index contributed by atoms with van der Waals surface area (Å²) < 4.78 is 0. The molecule has 3 heteroatoms. The quantitative estimate of drug-likeness (QED) is 0.876. The van der Waals surface area contributed by atoms with Crippen molar-refractivity contribution in [2.45, 2.75) is 52.6 Å². The molecule has 1 atom stereocenters. The lowest BCUT2D eigenvalue weighted by Crippen LogP contribution is -2.43. The van der Waals surface area contributed by atoms with Gasteiger partial charge in [0.05, 0.1) is 6.04 Å². The number of hydrogen-bond donors (Lipinski definition) is 2. The van der Waals surface area contributed by atoms with Gasteiger partial charge in [0.2, 0.25) is 5.91 Å². The molecule has 1 amide bonds. The van der Waals surface area contributed by atoms with Gasteiger partial charge in [-0.25, -0.2) is 0 Å². The SMILES string of the molecule is CC(C)[C@H](N)C(=O)NCc1ccc(C(C)(C)C)cc1. The Bertz CT molecular complexity index is 415. The molecule has 3 N–H and O–H groups in total. The summed E-state index contributed by atoms with van der Waals surface area (Å²) in [4.78, 5) is 11.7. The van der Waals surface area contributed by atoms with Gasteiger partial charge in [-0.2, -0.15) is 0 Å². The summed E-state index contributed by atoms with van der Waals surface area (Å²) in [6.07, 6.45) is 0. The molecule has 0 aliphatic heterocycles. The maximum absolute atomic E-state index is 11.7. The Labute approximate surface area is 116 Å². The summed E-state index contributed by atoms with van der Waals surface area (Å²) in [7, 11) is 0. The second-order valence-electron chi connectivity index (χ2n) is 6.43. The maximum atomic E-state index is 11.7. The average molecular weight is 262 g/mol. The number of carbonyl (C=O) groups is 1. The highest BCUT2D eigenvalue weighted by atomic mass is 16.2. The fourth-order valence-corrected chi connectivity index (χ4v) is 1.73. The Kier molecular flexibility index (Phi) is 5.12. The lowest BCUT2D eigenvalue weighted by Gasteiger charge is -2.19. The van der Waals surface area contributed by atoms with Gasteiger partial charge in [-0.15, -0.1) is 0 Å². The third kappa shape index (κ3) is 4.67. The molecule has 3 nitrogen and oxygen atoms in total. The molecule has 0 spiro atoms. The van der Waals surface area contributed by atoms with Crippen LogP contribution in [0.3, 0.4) is 0 Å². The largest absolute Gasteiger partial charge is 0.351 e. The van der Waals surface area contributed by atoms with Crippen LogP contribution < -0.4 is 11.1 Å². The molecular weight excluding hydrogens is 236 g/mol. The van der Waals surface area contributed by atoms with Crippen LogP contribution in [0.4, 0.5) is 0 Å². The number of amides is 1. The van der Waals surface area contributed by atoms with Crippen molar-refractivity contribution in [2.24, 2.45) is 11.7 Å². The fourth-order valence-electron chi connectivity index (χ4n) is 1.73. The molecule has 1 rings (SSSR count). The molecule has 0 heterocycles. The van der Waals surface area contributed by atoms with Crippen molar-refractivity contribution in [1.29, 1.82) is 0 Å². The average Bonchev–Trinajstić information content (AvgIpc) is 2.34. The first-order chi connectivity index (χ1) is 8.71. The molecule has 0 aliphatic carbocycles. The Morgan fingerprint density at radius 1 is 1.21 bits per heavy atom. The van der Waals surface area contributed by atoms with E-state index in [4.69, 9.17) is 5.73 Å². The summed E-state index contributed by atoms with van der Waals surface area (Å²) in [6, 6.07) is 7.91. The van der Waals surface area contributed by atoms with E-state index in [1.54, 1.807) is 0 Å². The molecule has 0 aliphatic rings. The van der Waals surface area contributed by atoms with E-state index < -0.39 is 6.04 Å². The summed E-state index contributed by atoms with van der Waals surface area (Å²) in [6.45, 7) is 11.0. The van der Waals surface area contributed by atoms with E-state index >= 15 is 0 Å².